The topological polar surface area (TPSA) is 67.2 Å². The van der Waals surface area contributed by atoms with Gasteiger partial charge in [-0.1, -0.05) is 31.9 Å². The first-order valence-electron chi connectivity index (χ1n) is 13.2. The highest BCUT2D eigenvalue weighted by atomic mass is 79.9. The Labute approximate surface area is 233 Å². The van der Waals surface area contributed by atoms with Crippen molar-refractivity contribution in [1.82, 2.24) is 14.4 Å². The van der Waals surface area contributed by atoms with E-state index in [2.05, 4.69) is 22.9 Å². The quantitative estimate of drug-likeness (QED) is 0.263. The van der Waals surface area contributed by atoms with Gasteiger partial charge in [0.2, 0.25) is 5.91 Å². The van der Waals surface area contributed by atoms with Crippen LogP contribution in [0.15, 0.2) is 47.1 Å². The molecule has 1 aliphatic rings. The zero-order valence-corrected chi connectivity index (χ0v) is 24.3. The number of ether oxygens (including phenoxy) is 2. The number of aromatic nitrogens is 1. The fraction of sp³-hybridized carbons (Fsp3) is 0.448. The first-order valence-corrected chi connectivity index (χ1v) is 14.0. The molecule has 204 valence electrons. The second-order valence-corrected chi connectivity index (χ2v) is 10.7. The Balaban J connectivity index is 1.55. The smallest absolute Gasteiger partial charge is 0.324 e. The molecule has 4 rings (SSSR count). The van der Waals surface area contributed by atoms with Crippen LogP contribution in [0, 0.1) is 0 Å². The molecule has 38 heavy (non-hydrogen) atoms. The third-order valence-electron chi connectivity index (χ3n) is 6.89. The summed E-state index contributed by atoms with van der Waals surface area (Å²) in [5.41, 5.74) is 2.81. The van der Waals surface area contributed by atoms with Crippen LogP contribution >= 0.6 is 15.9 Å². The van der Waals surface area contributed by atoms with Gasteiger partial charge in [0.15, 0.2) is 11.5 Å². The molecule has 9 heteroatoms. The van der Waals surface area contributed by atoms with E-state index in [0.717, 1.165) is 52.3 Å². The first kappa shape index (κ1) is 27.8. The van der Waals surface area contributed by atoms with E-state index in [9.17, 15) is 9.59 Å². The molecule has 0 atom stereocenters. The predicted octanol–water partition coefficient (Wildman–Crippen LogP) is 5.90. The highest BCUT2D eigenvalue weighted by Gasteiger charge is 2.28. The number of fused-ring (bicyclic) bond motifs is 1. The lowest BCUT2D eigenvalue weighted by atomic mass is 10.1. The largest absolute Gasteiger partial charge is 0.493 e. The summed E-state index contributed by atoms with van der Waals surface area (Å²) < 4.78 is 14.4. The minimum Gasteiger partial charge on any atom is -0.493 e. The van der Waals surface area contributed by atoms with Gasteiger partial charge < -0.3 is 23.8 Å². The average Bonchev–Trinajstić information content (AvgIpc) is 3.23. The van der Waals surface area contributed by atoms with Crippen LogP contribution in [-0.2, 0) is 17.9 Å². The highest BCUT2D eigenvalue weighted by molar-refractivity contribution is 9.10. The fourth-order valence-corrected chi connectivity index (χ4v) is 5.48. The third kappa shape index (κ3) is 6.09. The number of hydrogen-bond donors (Lipinski definition) is 0. The molecule has 0 N–H and O–H groups in total. The van der Waals surface area contributed by atoms with Crippen LogP contribution in [0.3, 0.4) is 0 Å². The SMILES string of the molecule is CCCCCOc1cc(N2CCCN(Cc3cccc4c3c(Br)cn4CC(=O)N(C)C)C2=O)ccc1OC. The van der Waals surface area contributed by atoms with Gasteiger partial charge in [-0.2, -0.15) is 0 Å². The van der Waals surface area contributed by atoms with Crippen molar-refractivity contribution in [3.63, 3.8) is 0 Å². The number of rotatable bonds is 11. The van der Waals surface area contributed by atoms with Crippen molar-refractivity contribution in [2.24, 2.45) is 0 Å². The summed E-state index contributed by atoms with van der Waals surface area (Å²) in [6.45, 7) is 4.85. The van der Waals surface area contributed by atoms with Crippen LogP contribution in [0.4, 0.5) is 10.5 Å². The van der Waals surface area contributed by atoms with E-state index in [1.807, 2.05) is 57.0 Å². The zero-order valence-electron chi connectivity index (χ0n) is 22.7. The average molecular weight is 586 g/mol. The van der Waals surface area contributed by atoms with Crippen molar-refractivity contribution in [3.8, 4) is 11.5 Å². The minimum absolute atomic E-state index is 0.0230. The van der Waals surface area contributed by atoms with Crippen molar-refractivity contribution in [1.29, 1.82) is 0 Å². The molecule has 0 radical (unpaired) electrons. The Morgan fingerprint density at radius 3 is 2.66 bits per heavy atom. The number of carbonyl (C=O) groups excluding carboxylic acids is 2. The number of carbonyl (C=O) groups is 2. The molecule has 0 bridgehead atoms. The van der Waals surface area contributed by atoms with Gasteiger partial charge >= 0.3 is 6.03 Å². The Hall–Kier alpha value is -3.20. The number of anilines is 1. The lowest BCUT2D eigenvalue weighted by molar-refractivity contribution is -0.129. The molecule has 2 aromatic carbocycles. The number of hydrogen-bond acceptors (Lipinski definition) is 4. The number of urea groups is 1. The monoisotopic (exact) mass is 584 g/mol. The Kier molecular flexibility index (Phi) is 9.20. The normalized spacial score (nSPS) is 13.8. The summed E-state index contributed by atoms with van der Waals surface area (Å²) in [4.78, 5) is 31.3. The highest BCUT2D eigenvalue weighted by Crippen LogP contribution is 2.35. The molecule has 2 heterocycles. The Morgan fingerprint density at radius 2 is 1.92 bits per heavy atom. The number of benzene rings is 2. The van der Waals surface area contributed by atoms with Gasteiger partial charge in [-0.15, -0.1) is 0 Å². The van der Waals surface area contributed by atoms with Crippen molar-refractivity contribution in [3.05, 3.63) is 52.6 Å². The second kappa shape index (κ2) is 12.6. The molecular formula is C29H37BrN4O4. The summed E-state index contributed by atoms with van der Waals surface area (Å²) in [5, 5.41) is 1.02. The second-order valence-electron chi connectivity index (χ2n) is 9.80. The molecule has 0 aliphatic carbocycles. The number of amides is 3. The maximum Gasteiger partial charge on any atom is 0.324 e. The van der Waals surface area contributed by atoms with Crippen LogP contribution in [0.25, 0.3) is 10.9 Å². The molecule has 3 aromatic rings. The van der Waals surface area contributed by atoms with Gasteiger partial charge in [0.05, 0.1) is 13.7 Å². The van der Waals surface area contributed by atoms with E-state index in [-0.39, 0.29) is 18.5 Å². The van der Waals surface area contributed by atoms with Crippen molar-refractivity contribution in [2.45, 2.75) is 45.7 Å². The number of likely N-dealkylation sites (N-methyl/N-ethyl adjacent to an activating group) is 1. The van der Waals surface area contributed by atoms with Crippen molar-refractivity contribution >= 4 is 44.5 Å². The molecule has 1 saturated heterocycles. The van der Waals surface area contributed by atoms with Crippen LogP contribution in [0.1, 0.15) is 38.2 Å². The van der Waals surface area contributed by atoms with Gasteiger partial charge in [-0.25, -0.2) is 4.79 Å². The number of nitrogens with zero attached hydrogens (tertiary/aromatic N) is 4. The van der Waals surface area contributed by atoms with Gasteiger partial charge in [0.25, 0.3) is 0 Å². The lowest BCUT2D eigenvalue weighted by Crippen LogP contribution is -2.49. The van der Waals surface area contributed by atoms with Crippen LogP contribution in [0.2, 0.25) is 0 Å². The molecule has 0 unspecified atom stereocenters. The van der Waals surface area contributed by atoms with E-state index in [4.69, 9.17) is 9.47 Å². The molecule has 1 aromatic heterocycles. The van der Waals surface area contributed by atoms with Gasteiger partial charge in [0.1, 0.15) is 6.54 Å². The first-order chi connectivity index (χ1) is 18.3. The molecule has 3 amide bonds. The van der Waals surface area contributed by atoms with Crippen LogP contribution < -0.4 is 14.4 Å². The number of unbranched alkanes of at least 4 members (excludes halogenated alkanes) is 2. The molecular weight excluding hydrogens is 548 g/mol. The van der Waals surface area contributed by atoms with E-state index in [0.29, 0.717) is 37.7 Å². The van der Waals surface area contributed by atoms with E-state index >= 15 is 0 Å². The van der Waals surface area contributed by atoms with Gasteiger partial charge in [-0.3, -0.25) is 9.69 Å². The summed E-state index contributed by atoms with van der Waals surface area (Å²) in [6.07, 6.45) is 6.02. The summed E-state index contributed by atoms with van der Waals surface area (Å²) >= 11 is 3.69. The lowest BCUT2D eigenvalue weighted by Gasteiger charge is -2.36. The Bertz CT molecular complexity index is 1290. The predicted molar refractivity (Wildman–Crippen MR) is 154 cm³/mol. The maximum atomic E-state index is 13.7. The van der Waals surface area contributed by atoms with Gasteiger partial charge in [-0.05, 0) is 52.5 Å². The van der Waals surface area contributed by atoms with Crippen molar-refractivity contribution < 1.29 is 19.1 Å². The molecule has 8 nitrogen and oxygen atoms in total. The van der Waals surface area contributed by atoms with Crippen LogP contribution in [-0.4, -0.2) is 67.2 Å². The van der Waals surface area contributed by atoms with Crippen LogP contribution in [0.5, 0.6) is 11.5 Å². The molecule has 0 saturated carbocycles. The third-order valence-corrected chi connectivity index (χ3v) is 7.49. The van der Waals surface area contributed by atoms with E-state index < -0.39 is 0 Å². The van der Waals surface area contributed by atoms with Gasteiger partial charge in [0, 0.05) is 67.1 Å². The Morgan fingerprint density at radius 1 is 1.11 bits per heavy atom. The van der Waals surface area contributed by atoms with E-state index in [1.54, 1.807) is 26.1 Å². The zero-order chi connectivity index (χ0) is 27.2. The summed E-state index contributed by atoms with van der Waals surface area (Å²) in [5.74, 6) is 1.35. The summed E-state index contributed by atoms with van der Waals surface area (Å²) in [6, 6.07) is 11.7. The molecule has 1 fully saturated rings. The number of halogens is 1. The maximum absolute atomic E-state index is 13.7. The minimum atomic E-state index is -0.0336. The molecule has 1 aliphatic heterocycles. The summed E-state index contributed by atoms with van der Waals surface area (Å²) in [7, 11) is 5.14. The molecule has 0 spiro atoms. The number of methoxy groups -OCH3 is 1. The van der Waals surface area contributed by atoms with E-state index in [1.165, 1.54) is 0 Å². The standard InChI is InChI=1S/C29H37BrN4O4/c1-5-6-7-16-38-26-17-22(12-13-25(26)37-4)34-15-9-14-32(29(34)36)18-21-10-8-11-24-28(21)23(30)19-33(24)20-27(35)31(2)3/h8,10-13,17,19H,5-7,9,14-16,18,20H2,1-4H3. The fourth-order valence-electron chi connectivity index (χ4n) is 4.78. The van der Waals surface area contributed by atoms with Crippen molar-refractivity contribution in [2.75, 3.05) is 45.8 Å².